The summed E-state index contributed by atoms with van der Waals surface area (Å²) in [5, 5.41) is 23.1. The van der Waals surface area contributed by atoms with E-state index in [9.17, 15) is 19.8 Å². The Balaban J connectivity index is 3.57. The molecule has 0 spiro atoms. The smallest absolute Gasteiger partial charge is 0.305 e. The highest BCUT2D eigenvalue weighted by Gasteiger charge is 2.18. The van der Waals surface area contributed by atoms with Crippen molar-refractivity contribution in [2.45, 2.75) is 283 Å². The lowest BCUT2D eigenvalue weighted by Gasteiger charge is -2.20. The van der Waals surface area contributed by atoms with Crippen molar-refractivity contribution in [3.8, 4) is 0 Å². The van der Waals surface area contributed by atoms with Crippen molar-refractivity contribution in [2.75, 3.05) is 13.2 Å². The van der Waals surface area contributed by atoms with Gasteiger partial charge in [-0.2, -0.15) is 0 Å². The highest BCUT2D eigenvalue weighted by molar-refractivity contribution is 5.76. The SMILES string of the molecule is CCCC/C=C\CCCCCCCC(=O)OCCCC/C=C\CCCCCCCC(=O)NC(CO)C(O)/C=C/CCCCCCCCCCCCCCCCCCCCC. The molecule has 2 unspecified atom stereocenters. The molecule has 352 valence electrons. The first-order valence-corrected chi connectivity index (χ1v) is 26.3. The number of carbonyl (C=O) groups excluding carboxylic acids is 2. The van der Waals surface area contributed by atoms with E-state index in [0.717, 1.165) is 83.5 Å². The molecular weight excluding hydrogens is 743 g/mol. The minimum atomic E-state index is -0.864. The molecule has 0 rings (SSSR count). The van der Waals surface area contributed by atoms with Crippen molar-refractivity contribution in [1.82, 2.24) is 5.32 Å². The fraction of sp³-hybridized carbons (Fsp3) is 0.852. The summed E-state index contributed by atoms with van der Waals surface area (Å²) < 4.78 is 5.41. The number of aliphatic hydroxyl groups excluding tert-OH is 2. The van der Waals surface area contributed by atoms with Crippen molar-refractivity contribution < 1.29 is 24.5 Å². The van der Waals surface area contributed by atoms with Crippen molar-refractivity contribution >= 4 is 11.9 Å². The van der Waals surface area contributed by atoms with Gasteiger partial charge in [0.15, 0.2) is 0 Å². The summed E-state index contributed by atoms with van der Waals surface area (Å²) in [5.74, 6) is -0.141. The summed E-state index contributed by atoms with van der Waals surface area (Å²) in [6.45, 7) is 4.78. The van der Waals surface area contributed by atoms with Gasteiger partial charge in [-0.3, -0.25) is 9.59 Å². The molecule has 0 saturated carbocycles. The second-order valence-electron chi connectivity index (χ2n) is 17.8. The van der Waals surface area contributed by atoms with E-state index < -0.39 is 12.1 Å². The van der Waals surface area contributed by atoms with Crippen LogP contribution in [0, 0.1) is 0 Å². The second kappa shape index (κ2) is 49.7. The van der Waals surface area contributed by atoms with Gasteiger partial charge in [0, 0.05) is 12.8 Å². The Bertz CT molecular complexity index is 977. The number of esters is 1. The van der Waals surface area contributed by atoms with Gasteiger partial charge >= 0.3 is 5.97 Å². The topological polar surface area (TPSA) is 95.9 Å². The Labute approximate surface area is 373 Å². The number of hydrogen-bond acceptors (Lipinski definition) is 5. The van der Waals surface area contributed by atoms with Gasteiger partial charge in [0.1, 0.15) is 0 Å². The second-order valence-corrected chi connectivity index (χ2v) is 17.8. The zero-order valence-electron chi connectivity index (χ0n) is 39.9. The lowest BCUT2D eigenvalue weighted by Crippen LogP contribution is -2.45. The Hall–Kier alpha value is -1.92. The molecule has 0 radical (unpaired) electrons. The average molecular weight is 844 g/mol. The Morgan fingerprint density at radius 3 is 1.23 bits per heavy atom. The van der Waals surface area contributed by atoms with Crippen LogP contribution in [0.4, 0.5) is 0 Å². The maximum atomic E-state index is 12.4. The molecule has 0 aromatic rings. The number of hydrogen-bond donors (Lipinski definition) is 3. The first-order chi connectivity index (χ1) is 29.5. The highest BCUT2D eigenvalue weighted by atomic mass is 16.5. The van der Waals surface area contributed by atoms with E-state index in [1.807, 2.05) is 6.08 Å². The van der Waals surface area contributed by atoms with Gasteiger partial charge < -0.3 is 20.3 Å². The number of ether oxygens (including phenoxy) is 1. The molecule has 6 heteroatoms. The number of aliphatic hydroxyl groups is 2. The van der Waals surface area contributed by atoms with Gasteiger partial charge in [0.05, 0.1) is 25.4 Å². The molecule has 0 aliphatic carbocycles. The summed E-state index contributed by atoms with van der Waals surface area (Å²) >= 11 is 0. The quantitative estimate of drug-likeness (QED) is 0.0322. The molecule has 0 aromatic carbocycles. The maximum absolute atomic E-state index is 12.4. The van der Waals surface area contributed by atoms with E-state index in [-0.39, 0.29) is 18.5 Å². The van der Waals surface area contributed by atoms with Crippen molar-refractivity contribution in [3.63, 3.8) is 0 Å². The number of carbonyl (C=O) groups is 2. The molecule has 6 nitrogen and oxygen atoms in total. The van der Waals surface area contributed by atoms with E-state index in [4.69, 9.17) is 4.74 Å². The van der Waals surface area contributed by atoms with Crippen LogP contribution in [-0.2, 0) is 14.3 Å². The summed E-state index contributed by atoms with van der Waals surface area (Å²) in [5.41, 5.74) is 0. The average Bonchev–Trinajstić information content (AvgIpc) is 3.25. The van der Waals surface area contributed by atoms with Gasteiger partial charge in [-0.05, 0) is 77.0 Å². The lowest BCUT2D eigenvalue weighted by molar-refractivity contribution is -0.143. The van der Waals surface area contributed by atoms with E-state index in [1.165, 1.54) is 161 Å². The fourth-order valence-corrected chi connectivity index (χ4v) is 7.78. The Morgan fingerprint density at radius 1 is 0.450 bits per heavy atom. The number of amides is 1. The zero-order chi connectivity index (χ0) is 43.7. The van der Waals surface area contributed by atoms with Crippen LogP contribution in [0.15, 0.2) is 36.5 Å². The van der Waals surface area contributed by atoms with E-state index in [1.54, 1.807) is 6.08 Å². The predicted octanol–water partition coefficient (Wildman–Crippen LogP) is 15.7. The number of nitrogens with one attached hydrogen (secondary N) is 1. The zero-order valence-corrected chi connectivity index (χ0v) is 39.9. The molecule has 3 N–H and O–H groups in total. The fourth-order valence-electron chi connectivity index (χ4n) is 7.78. The van der Waals surface area contributed by atoms with E-state index in [0.29, 0.717) is 19.4 Å². The van der Waals surface area contributed by atoms with Crippen LogP contribution in [0.25, 0.3) is 0 Å². The maximum Gasteiger partial charge on any atom is 0.305 e. The third kappa shape index (κ3) is 45.6. The first kappa shape index (κ1) is 58.1. The third-order valence-corrected chi connectivity index (χ3v) is 11.9. The van der Waals surface area contributed by atoms with E-state index in [2.05, 4.69) is 43.5 Å². The molecule has 0 aromatic heterocycles. The van der Waals surface area contributed by atoms with Crippen molar-refractivity contribution in [2.24, 2.45) is 0 Å². The summed E-state index contributed by atoms with van der Waals surface area (Å²) in [4.78, 5) is 24.4. The first-order valence-electron chi connectivity index (χ1n) is 26.3. The van der Waals surface area contributed by atoms with Crippen LogP contribution >= 0.6 is 0 Å². The molecular formula is C54H101NO5. The molecule has 0 saturated heterocycles. The molecule has 0 fully saturated rings. The number of unbranched alkanes of at least 4 members (excludes halogenated alkanes) is 33. The standard InChI is InChI=1S/C54H101NO5/c1-3-5-7-9-11-13-15-16-17-18-19-20-21-22-23-24-27-30-34-38-42-46-52(57)51(50-56)55-53(58)47-43-39-35-31-28-25-29-33-37-41-45-49-60-54(59)48-44-40-36-32-26-14-12-10-8-6-4-2/h10,12,29,33,42,46,51-52,56-57H,3-9,11,13-28,30-32,34-41,43-45,47-50H2,1-2H3,(H,55,58)/b12-10-,33-29-,46-42+. The summed E-state index contributed by atoms with van der Waals surface area (Å²) in [6.07, 6.45) is 60.1. The van der Waals surface area contributed by atoms with Gasteiger partial charge in [0.2, 0.25) is 5.91 Å². The monoisotopic (exact) mass is 844 g/mol. The van der Waals surface area contributed by atoms with Crippen molar-refractivity contribution in [3.05, 3.63) is 36.5 Å². The molecule has 2 atom stereocenters. The van der Waals surface area contributed by atoms with Gasteiger partial charge in [0.25, 0.3) is 0 Å². The molecule has 0 bridgehead atoms. The minimum Gasteiger partial charge on any atom is -0.466 e. The van der Waals surface area contributed by atoms with Crippen LogP contribution in [-0.4, -0.2) is 47.4 Å². The van der Waals surface area contributed by atoms with Crippen LogP contribution in [0.5, 0.6) is 0 Å². The molecule has 60 heavy (non-hydrogen) atoms. The van der Waals surface area contributed by atoms with Gasteiger partial charge in [-0.1, -0.05) is 217 Å². The lowest BCUT2D eigenvalue weighted by atomic mass is 10.0. The van der Waals surface area contributed by atoms with Crippen LogP contribution in [0.2, 0.25) is 0 Å². The molecule has 0 aliphatic heterocycles. The Morgan fingerprint density at radius 2 is 0.800 bits per heavy atom. The molecule has 1 amide bonds. The number of allylic oxidation sites excluding steroid dienone is 5. The van der Waals surface area contributed by atoms with Crippen LogP contribution < -0.4 is 5.32 Å². The highest BCUT2D eigenvalue weighted by Crippen LogP contribution is 2.16. The Kier molecular flexibility index (Phi) is 48.1. The van der Waals surface area contributed by atoms with Crippen LogP contribution in [0.1, 0.15) is 271 Å². The number of rotatable bonds is 48. The molecule has 0 aliphatic rings. The van der Waals surface area contributed by atoms with Crippen molar-refractivity contribution in [1.29, 1.82) is 0 Å². The summed E-state index contributed by atoms with van der Waals surface area (Å²) in [7, 11) is 0. The van der Waals surface area contributed by atoms with Gasteiger partial charge in [-0.15, -0.1) is 0 Å². The van der Waals surface area contributed by atoms with Crippen LogP contribution in [0.3, 0.4) is 0 Å². The normalized spacial score (nSPS) is 12.9. The van der Waals surface area contributed by atoms with E-state index >= 15 is 0 Å². The minimum absolute atomic E-state index is 0.0443. The third-order valence-electron chi connectivity index (χ3n) is 11.9. The summed E-state index contributed by atoms with van der Waals surface area (Å²) in [6, 6.07) is -0.650. The predicted molar refractivity (Wildman–Crippen MR) is 259 cm³/mol. The van der Waals surface area contributed by atoms with Gasteiger partial charge in [-0.25, -0.2) is 0 Å². The largest absolute Gasteiger partial charge is 0.466 e. The molecule has 0 heterocycles.